The third-order valence-electron chi connectivity index (χ3n) is 2.15. The summed E-state index contributed by atoms with van der Waals surface area (Å²) in [5, 5.41) is 2.68. The Morgan fingerprint density at radius 2 is 2.12 bits per heavy atom. The van der Waals surface area contributed by atoms with Crippen molar-refractivity contribution in [3.05, 3.63) is 35.1 Å². The number of benzene rings is 1. The number of halogens is 2. The van der Waals surface area contributed by atoms with Crippen LogP contribution in [0.5, 0.6) is 0 Å². The van der Waals surface area contributed by atoms with E-state index in [1.165, 1.54) is 12.1 Å². The average molecular weight is 244 g/mol. The Morgan fingerprint density at radius 1 is 1.50 bits per heavy atom. The van der Waals surface area contributed by atoms with E-state index >= 15 is 0 Å². The number of hydrogen-bond donors (Lipinski definition) is 1. The van der Waals surface area contributed by atoms with Crippen molar-refractivity contribution in [3.63, 3.8) is 0 Å². The largest absolute Gasteiger partial charge is 0.346 e. The number of carbonyl (C=O) groups is 1. The molecule has 1 rings (SSSR count). The SMILES string of the molecule is Cc1ccc(F)c(C(=O)NC(C)(C)CCl)c1. The van der Waals surface area contributed by atoms with E-state index in [1.807, 2.05) is 6.92 Å². The summed E-state index contributed by atoms with van der Waals surface area (Å²) in [5.74, 6) is -0.688. The van der Waals surface area contributed by atoms with Gasteiger partial charge in [0.2, 0.25) is 0 Å². The second-order valence-corrected chi connectivity index (χ2v) is 4.72. The highest BCUT2D eigenvalue weighted by molar-refractivity contribution is 6.18. The van der Waals surface area contributed by atoms with Gasteiger partial charge in [0.25, 0.3) is 5.91 Å². The molecule has 2 nitrogen and oxygen atoms in total. The molecule has 0 aromatic heterocycles. The molecule has 88 valence electrons. The lowest BCUT2D eigenvalue weighted by Gasteiger charge is -2.23. The molecule has 1 amide bonds. The van der Waals surface area contributed by atoms with Crippen LogP contribution in [0.3, 0.4) is 0 Å². The monoisotopic (exact) mass is 243 g/mol. The summed E-state index contributed by atoms with van der Waals surface area (Å²) < 4.78 is 13.4. The topological polar surface area (TPSA) is 29.1 Å². The molecule has 0 atom stereocenters. The summed E-state index contributed by atoms with van der Waals surface area (Å²) in [4.78, 5) is 11.8. The maximum atomic E-state index is 13.4. The standard InChI is InChI=1S/C12H15ClFNO/c1-8-4-5-10(14)9(6-8)11(16)15-12(2,3)7-13/h4-6H,7H2,1-3H3,(H,15,16). The van der Waals surface area contributed by atoms with Gasteiger partial charge < -0.3 is 5.32 Å². The molecule has 0 spiro atoms. The summed E-state index contributed by atoms with van der Waals surface area (Å²) in [6, 6.07) is 4.44. The van der Waals surface area contributed by atoms with Crippen LogP contribution in [-0.4, -0.2) is 17.3 Å². The van der Waals surface area contributed by atoms with Crippen molar-refractivity contribution < 1.29 is 9.18 Å². The lowest BCUT2D eigenvalue weighted by atomic mass is 10.1. The highest BCUT2D eigenvalue weighted by atomic mass is 35.5. The first-order valence-corrected chi connectivity index (χ1v) is 5.54. The minimum absolute atomic E-state index is 0.0539. The van der Waals surface area contributed by atoms with Crippen molar-refractivity contribution in [2.75, 3.05) is 5.88 Å². The quantitative estimate of drug-likeness (QED) is 0.813. The number of alkyl halides is 1. The Morgan fingerprint density at radius 3 is 2.69 bits per heavy atom. The number of carbonyl (C=O) groups excluding carboxylic acids is 1. The van der Waals surface area contributed by atoms with Crippen LogP contribution in [0.15, 0.2) is 18.2 Å². The number of rotatable bonds is 3. The molecule has 0 saturated heterocycles. The zero-order chi connectivity index (χ0) is 12.3. The maximum absolute atomic E-state index is 13.4. The first-order chi connectivity index (χ1) is 7.35. The lowest BCUT2D eigenvalue weighted by molar-refractivity contribution is 0.0916. The molecule has 0 aliphatic carbocycles. The molecule has 0 fully saturated rings. The molecule has 0 bridgehead atoms. The Balaban J connectivity index is 2.93. The van der Waals surface area contributed by atoms with Gasteiger partial charge in [-0.05, 0) is 32.9 Å². The number of hydrogen-bond acceptors (Lipinski definition) is 1. The van der Waals surface area contributed by atoms with Crippen molar-refractivity contribution in [2.45, 2.75) is 26.3 Å². The molecule has 1 N–H and O–H groups in total. The van der Waals surface area contributed by atoms with E-state index in [-0.39, 0.29) is 11.4 Å². The Bertz CT molecular complexity index is 404. The first-order valence-electron chi connectivity index (χ1n) is 5.00. The number of nitrogens with one attached hydrogen (secondary N) is 1. The summed E-state index contributed by atoms with van der Waals surface area (Å²) in [7, 11) is 0. The third-order valence-corrected chi connectivity index (χ3v) is 2.82. The van der Waals surface area contributed by atoms with Gasteiger partial charge in [-0.25, -0.2) is 4.39 Å². The van der Waals surface area contributed by atoms with Crippen LogP contribution >= 0.6 is 11.6 Å². The molecular weight excluding hydrogens is 229 g/mol. The third kappa shape index (κ3) is 3.20. The molecule has 16 heavy (non-hydrogen) atoms. The normalized spacial score (nSPS) is 11.3. The van der Waals surface area contributed by atoms with E-state index in [0.29, 0.717) is 0 Å². The molecule has 0 aliphatic rings. The molecule has 0 radical (unpaired) electrons. The fraction of sp³-hybridized carbons (Fsp3) is 0.417. The van der Waals surface area contributed by atoms with Gasteiger partial charge in [-0.15, -0.1) is 11.6 Å². The number of amides is 1. The highest BCUT2D eigenvalue weighted by Crippen LogP contribution is 2.12. The summed E-state index contributed by atoms with van der Waals surface area (Å²) >= 11 is 5.69. The molecule has 0 saturated carbocycles. The predicted octanol–water partition coefficient (Wildman–Crippen LogP) is 2.88. The van der Waals surface area contributed by atoms with Crippen LogP contribution in [0.2, 0.25) is 0 Å². The van der Waals surface area contributed by atoms with Gasteiger partial charge in [-0.3, -0.25) is 4.79 Å². The second-order valence-electron chi connectivity index (χ2n) is 4.45. The first kappa shape index (κ1) is 13.0. The highest BCUT2D eigenvalue weighted by Gasteiger charge is 2.21. The fourth-order valence-electron chi connectivity index (χ4n) is 1.22. The van der Waals surface area contributed by atoms with Crippen molar-refractivity contribution >= 4 is 17.5 Å². The summed E-state index contributed by atoms with van der Waals surface area (Å²) in [6.45, 7) is 5.38. The molecule has 0 unspecified atom stereocenters. The molecule has 1 aromatic rings. The Hall–Kier alpha value is -1.09. The Labute approximate surface area is 99.8 Å². The molecule has 1 aromatic carbocycles. The van der Waals surface area contributed by atoms with Crippen LogP contribution in [0.25, 0.3) is 0 Å². The molecule has 0 heterocycles. The second kappa shape index (κ2) is 4.83. The van der Waals surface area contributed by atoms with Crippen molar-refractivity contribution in [3.8, 4) is 0 Å². The van der Waals surface area contributed by atoms with E-state index in [0.717, 1.165) is 5.56 Å². The van der Waals surface area contributed by atoms with Gasteiger partial charge >= 0.3 is 0 Å². The minimum atomic E-state index is -0.547. The van der Waals surface area contributed by atoms with Gasteiger partial charge in [0, 0.05) is 11.4 Å². The zero-order valence-corrected chi connectivity index (χ0v) is 10.4. The van der Waals surface area contributed by atoms with Gasteiger partial charge in [-0.1, -0.05) is 11.6 Å². The predicted molar refractivity (Wildman–Crippen MR) is 63.4 cm³/mol. The van der Waals surface area contributed by atoms with E-state index in [2.05, 4.69) is 5.32 Å². The van der Waals surface area contributed by atoms with E-state index in [4.69, 9.17) is 11.6 Å². The van der Waals surface area contributed by atoms with Crippen molar-refractivity contribution in [2.24, 2.45) is 0 Å². The van der Waals surface area contributed by atoms with Crippen LogP contribution in [0.1, 0.15) is 29.8 Å². The Kier molecular flexibility index (Phi) is 3.92. The summed E-state index contributed by atoms with van der Waals surface area (Å²) in [6.07, 6.45) is 0. The van der Waals surface area contributed by atoms with E-state index in [1.54, 1.807) is 19.9 Å². The van der Waals surface area contributed by atoms with E-state index in [9.17, 15) is 9.18 Å². The summed E-state index contributed by atoms with van der Waals surface area (Å²) in [5.41, 5.74) is 0.350. The smallest absolute Gasteiger partial charge is 0.254 e. The molecular formula is C12H15ClFNO. The van der Waals surface area contributed by atoms with Gasteiger partial charge in [-0.2, -0.15) is 0 Å². The van der Waals surface area contributed by atoms with Crippen molar-refractivity contribution in [1.29, 1.82) is 0 Å². The van der Waals surface area contributed by atoms with Crippen LogP contribution in [0.4, 0.5) is 4.39 Å². The van der Waals surface area contributed by atoms with Crippen molar-refractivity contribution in [1.82, 2.24) is 5.32 Å². The van der Waals surface area contributed by atoms with Crippen LogP contribution < -0.4 is 5.32 Å². The maximum Gasteiger partial charge on any atom is 0.254 e. The lowest BCUT2D eigenvalue weighted by Crippen LogP contribution is -2.45. The fourth-order valence-corrected chi connectivity index (χ4v) is 1.29. The molecule has 4 heteroatoms. The minimum Gasteiger partial charge on any atom is -0.346 e. The van der Waals surface area contributed by atoms with Gasteiger partial charge in [0.15, 0.2) is 0 Å². The van der Waals surface area contributed by atoms with E-state index < -0.39 is 17.3 Å². The van der Waals surface area contributed by atoms with Gasteiger partial charge in [0.1, 0.15) is 5.82 Å². The van der Waals surface area contributed by atoms with Crippen LogP contribution in [0, 0.1) is 12.7 Å². The zero-order valence-electron chi connectivity index (χ0n) is 9.60. The number of aryl methyl sites for hydroxylation is 1. The van der Waals surface area contributed by atoms with Gasteiger partial charge in [0.05, 0.1) is 5.56 Å². The van der Waals surface area contributed by atoms with Crippen LogP contribution in [-0.2, 0) is 0 Å². The molecule has 0 aliphatic heterocycles. The average Bonchev–Trinajstić information content (AvgIpc) is 2.21.